The van der Waals surface area contributed by atoms with Crippen LogP contribution >= 0.6 is 11.6 Å². The molecule has 0 bridgehead atoms. The molecule has 1 heterocycles. The zero-order valence-corrected chi connectivity index (χ0v) is 15.4. The Morgan fingerprint density at radius 1 is 1.08 bits per heavy atom. The largest absolute Gasteiger partial charge is 0.356 e. The SMILES string of the molecule is O=C(NCCCCc1ccccc1)[C@@H]1CC(=O)N(c2ccc(Cl)cc2)C1. The lowest BCUT2D eigenvalue weighted by Gasteiger charge is -2.16. The molecule has 2 amide bonds. The van der Waals surface area contributed by atoms with Crippen LogP contribution in [0.2, 0.25) is 5.02 Å². The van der Waals surface area contributed by atoms with Gasteiger partial charge in [-0.3, -0.25) is 9.59 Å². The second-order valence-corrected chi connectivity index (χ2v) is 7.05. The van der Waals surface area contributed by atoms with Crippen molar-refractivity contribution >= 4 is 29.1 Å². The highest BCUT2D eigenvalue weighted by Gasteiger charge is 2.34. The number of halogens is 1. The molecule has 0 aliphatic carbocycles. The van der Waals surface area contributed by atoms with Gasteiger partial charge in [0.25, 0.3) is 0 Å². The maximum Gasteiger partial charge on any atom is 0.227 e. The van der Waals surface area contributed by atoms with E-state index in [0.717, 1.165) is 24.9 Å². The molecule has 0 aromatic heterocycles. The molecule has 1 aliphatic rings. The van der Waals surface area contributed by atoms with E-state index in [1.165, 1.54) is 5.56 Å². The summed E-state index contributed by atoms with van der Waals surface area (Å²) in [7, 11) is 0. The van der Waals surface area contributed by atoms with Crippen LogP contribution in [0.5, 0.6) is 0 Å². The quantitative estimate of drug-likeness (QED) is 0.753. The fourth-order valence-electron chi connectivity index (χ4n) is 3.21. The minimum absolute atomic E-state index is 0.0171. The summed E-state index contributed by atoms with van der Waals surface area (Å²) >= 11 is 5.89. The van der Waals surface area contributed by atoms with E-state index in [4.69, 9.17) is 11.6 Å². The van der Waals surface area contributed by atoms with Crippen LogP contribution in [0.1, 0.15) is 24.8 Å². The third kappa shape index (κ3) is 4.85. The molecule has 1 N–H and O–H groups in total. The van der Waals surface area contributed by atoms with Crippen LogP contribution in [0.25, 0.3) is 0 Å². The van der Waals surface area contributed by atoms with E-state index >= 15 is 0 Å². The van der Waals surface area contributed by atoms with Crippen molar-refractivity contribution in [3.8, 4) is 0 Å². The number of anilines is 1. The molecular formula is C21H23ClN2O2. The van der Waals surface area contributed by atoms with Gasteiger partial charge in [0.2, 0.25) is 11.8 Å². The van der Waals surface area contributed by atoms with Gasteiger partial charge in [0.15, 0.2) is 0 Å². The van der Waals surface area contributed by atoms with Gasteiger partial charge in [-0.05, 0) is 49.1 Å². The van der Waals surface area contributed by atoms with Crippen LogP contribution in [0.4, 0.5) is 5.69 Å². The van der Waals surface area contributed by atoms with Crippen LogP contribution in [-0.4, -0.2) is 24.9 Å². The summed E-state index contributed by atoms with van der Waals surface area (Å²) in [6, 6.07) is 17.5. The molecule has 1 fully saturated rings. The summed E-state index contributed by atoms with van der Waals surface area (Å²) in [5, 5.41) is 3.60. The molecule has 26 heavy (non-hydrogen) atoms. The Balaban J connectivity index is 1.41. The first-order chi connectivity index (χ1) is 12.6. The molecular weight excluding hydrogens is 348 g/mol. The molecule has 0 spiro atoms. The lowest BCUT2D eigenvalue weighted by Crippen LogP contribution is -2.33. The van der Waals surface area contributed by atoms with Gasteiger partial charge in [-0.1, -0.05) is 41.9 Å². The summed E-state index contributed by atoms with van der Waals surface area (Å²) < 4.78 is 0. The molecule has 0 radical (unpaired) electrons. The number of rotatable bonds is 7. The van der Waals surface area contributed by atoms with Gasteiger partial charge < -0.3 is 10.2 Å². The highest BCUT2D eigenvalue weighted by molar-refractivity contribution is 6.30. The number of unbranched alkanes of at least 4 members (excludes halogenated alkanes) is 1. The van der Waals surface area contributed by atoms with Crippen LogP contribution in [-0.2, 0) is 16.0 Å². The maximum atomic E-state index is 12.3. The van der Waals surface area contributed by atoms with E-state index in [9.17, 15) is 9.59 Å². The Kier molecular flexibility index (Phi) is 6.29. The highest BCUT2D eigenvalue weighted by atomic mass is 35.5. The van der Waals surface area contributed by atoms with Crippen molar-refractivity contribution < 1.29 is 9.59 Å². The topological polar surface area (TPSA) is 49.4 Å². The van der Waals surface area contributed by atoms with Crippen LogP contribution in [0.3, 0.4) is 0 Å². The smallest absolute Gasteiger partial charge is 0.227 e. The average Bonchev–Trinajstić information content (AvgIpc) is 3.05. The lowest BCUT2D eigenvalue weighted by atomic mass is 10.1. The van der Waals surface area contributed by atoms with Crippen LogP contribution in [0.15, 0.2) is 54.6 Å². The number of carbonyl (C=O) groups is 2. The van der Waals surface area contributed by atoms with Gasteiger partial charge in [0.1, 0.15) is 0 Å². The predicted octanol–water partition coefficient (Wildman–Crippen LogP) is 3.83. The summed E-state index contributed by atoms with van der Waals surface area (Å²) in [5.41, 5.74) is 2.11. The van der Waals surface area contributed by atoms with Crippen molar-refractivity contribution in [3.05, 3.63) is 65.2 Å². The van der Waals surface area contributed by atoms with Gasteiger partial charge in [0.05, 0.1) is 5.92 Å². The summed E-state index contributed by atoms with van der Waals surface area (Å²) in [6.45, 7) is 1.08. The Morgan fingerprint density at radius 3 is 2.54 bits per heavy atom. The zero-order valence-electron chi connectivity index (χ0n) is 14.7. The van der Waals surface area contributed by atoms with Crippen LogP contribution in [0, 0.1) is 5.92 Å². The third-order valence-electron chi connectivity index (χ3n) is 4.67. The molecule has 1 atom stereocenters. The second kappa shape index (κ2) is 8.86. The molecule has 1 aliphatic heterocycles. The molecule has 3 rings (SSSR count). The molecule has 4 nitrogen and oxygen atoms in total. The molecule has 5 heteroatoms. The number of hydrogen-bond acceptors (Lipinski definition) is 2. The number of amides is 2. The monoisotopic (exact) mass is 370 g/mol. The van der Waals surface area contributed by atoms with E-state index in [-0.39, 0.29) is 24.2 Å². The molecule has 2 aromatic rings. The first-order valence-electron chi connectivity index (χ1n) is 9.01. The van der Waals surface area contributed by atoms with Crippen molar-refractivity contribution in [1.29, 1.82) is 0 Å². The average molecular weight is 371 g/mol. The van der Waals surface area contributed by atoms with Gasteiger partial charge in [-0.15, -0.1) is 0 Å². The number of carbonyl (C=O) groups excluding carboxylic acids is 2. The minimum atomic E-state index is -0.285. The summed E-state index contributed by atoms with van der Waals surface area (Å²) in [4.78, 5) is 26.2. The maximum absolute atomic E-state index is 12.3. The van der Waals surface area contributed by atoms with Crippen molar-refractivity contribution in [3.63, 3.8) is 0 Å². The van der Waals surface area contributed by atoms with Gasteiger partial charge >= 0.3 is 0 Å². The summed E-state index contributed by atoms with van der Waals surface area (Å²) in [5.74, 6) is -0.335. The molecule has 2 aromatic carbocycles. The number of nitrogens with one attached hydrogen (secondary N) is 1. The highest BCUT2D eigenvalue weighted by Crippen LogP contribution is 2.26. The molecule has 0 saturated carbocycles. The van der Waals surface area contributed by atoms with Crippen molar-refractivity contribution in [1.82, 2.24) is 5.32 Å². The van der Waals surface area contributed by atoms with Gasteiger partial charge in [-0.2, -0.15) is 0 Å². The molecule has 136 valence electrons. The Morgan fingerprint density at radius 2 is 1.81 bits per heavy atom. The number of nitrogens with zero attached hydrogens (tertiary/aromatic N) is 1. The Bertz CT molecular complexity index is 746. The second-order valence-electron chi connectivity index (χ2n) is 6.62. The summed E-state index contributed by atoms with van der Waals surface area (Å²) in [6.07, 6.45) is 3.24. The van der Waals surface area contributed by atoms with Gasteiger partial charge in [-0.25, -0.2) is 0 Å². The first kappa shape index (κ1) is 18.5. The van der Waals surface area contributed by atoms with Crippen molar-refractivity contribution in [2.45, 2.75) is 25.7 Å². The van der Waals surface area contributed by atoms with Gasteiger partial charge in [0, 0.05) is 30.2 Å². The van der Waals surface area contributed by atoms with E-state index in [0.29, 0.717) is 18.1 Å². The minimum Gasteiger partial charge on any atom is -0.356 e. The van der Waals surface area contributed by atoms with Crippen molar-refractivity contribution in [2.24, 2.45) is 5.92 Å². The predicted molar refractivity (Wildman–Crippen MR) is 104 cm³/mol. The normalized spacial score (nSPS) is 16.7. The molecule has 1 saturated heterocycles. The number of benzene rings is 2. The van der Waals surface area contributed by atoms with E-state index in [1.807, 2.05) is 30.3 Å². The third-order valence-corrected chi connectivity index (χ3v) is 4.92. The first-order valence-corrected chi connectivity index (χ1v) is 9.39. The van der Waals surface area contributed by atoms with E-state index in [2.05, 4.69) is 17.4 Å². The Hall–Kier alpha value is -2.33. The Labute approximate surface area is 159 Å². The zero-order chi connectivity index (χ0) is 18.4. The van der Waals surface area contributed by atoms with Crippen molar-refractivity contribution in [2.75, 3.05) is 18.0 Å². The fraction of sp³-hybridized carbons (Fsp3) is 0.333. The number of aryl methyl sites for hydroxylation is 1. The van der Waals surface area contributed by atoms with Crippen LogP contribution < -0.4 is 10.2 Å². The van der Waals surface area contributed by atoms with E-state index < -0.39 is 0 Å². The fourth-order valence-corrected chi connectivity index (χ4v) is 3.33. The van der Waals surface area contributed by atoms with E-state index in [1.54, 1.807) is 17.0 Å². The molecule has 0 unspecified atom stereocenters. The standard InChI is InChI=1S/C21H23ClN2O2/c22-18-9-11-19(12-10-18)24-15-17(14-20(24)25)21(26)23-13-5-4-8-16-6-2-1-3-7-16/h1-3,6-7,9-12,17H,4-5,8,13-15H2,(H,23,26)/t17-/m1/s1. The lowest BCUT2D eigenvalue weighted by molar-refractivity contribution is -0.126. The number of hydrogen-bond donors (Lipinski definition) is 1.